The SMILES string of the molecule is CC(C)C(=O)N1CCN(C(=O)c2cccc(NC(=O)c3ccc(F)cc3)c2)CC1. The van der Waals surface area contributed by atoms with Gasteiger partial charge < -0.3 is 15.1 Å². The quantitative estimate of drug-likeness (QED) is 0.862. The van der Waals surface area contributed by atoms with Crippen molar-refractivity contribution < 1.29 is 18.8 Å². The van der Waals surface area contributed by atoms with Crippen molar-refractivity contribution in [1.82, 2.24) is 9.80 Å². The number of piperazine rings is 1. The van der Waals surface area contributed by atoms with E-state index in [-0.39, 0.29) is 23.6 Å². The highest BCUT2D eigenvalue weighted by Crippen LogP contribution is 2.16. The van der Waals surface area contributed by atoms with E-state index in [1.807, 2.05) is 13.8 Å². The summed E-state index contributed by atoms with van der Waals surface area (Å²) in [6.45, 7) is 5.72. The number of benzene rings is 2. The Labute approximate surface area is 169 Å². The molecule has 152 valence electrons. The molecule has 7 heteroatoms. The molecule has 1 aliphatic rings. The van der Waals surface area contributed by atoms with Crippen molar-refractivity contribution in [2.24, 2.45) is 5.92 Å². The van der Waals surface area contributed by atoms with Crippen LogP contribution in [0.25, 0.3) is 0 Å². The van der Waals surface area contributed by atoms with E-state index in [2.05, 4.69) is 5.32 Å². The molecule has 0 aromatic heterocycles. The third kappa shape index (κ3) is 4.99. The zero-order valence-electron chi connectivity index (χ0n) is 16.5. The van der Waals surface area contributed by atoms with Crippen molar-refractivity contribution in [3.8, 4) is 0 Å². The molecule has 2 aromatic rings. The van der Waals surface area contributed by atoms with Gasteiger partial charge in [0.15, 0.2) is 0 Å². The van der Waals surface area contributed by atoms with E-state index in [4.69, 9.17) is 0 Å². The maximum Gasteiger partial charge on any atom is 0.255 e. The number of hydrogen-bond acceptors (Lipinski definition) is 3. The molecule has 0 bridgehead atoms. The minimum absolute atomic E-state index is 0.0568. The highest BCUT2D eigenvalue weighted by molar-refractivity contribution is 6.05. The molecule has 2 aromatic carbocycles. The van der Waals surface area contributed by atoms with E-state index in [1.54, 1.807) is 34.1 Å². The zero-order valence-corrected chi connectivity index (χ0v) is 16.5. The van der Waals surface area contributed by atoms with Crippen molar-refractivity contribution in [3.05, 3.63) is 65.5 Å². The molecule has 0 atom stereocenters. The number of rotatable bonds is 4. The van der Waals surface area contributed by atoms with Crippen LogP contribution >= 0.6 is 0 Å². The molecule has 6 nitrogen and oxygen atoms in total. The summed E-state index contributed by atoms with van der Waals surface area (Å²) >= 11 is 0. The van der Waals surface area contributed by atoms with E-state index < -0.39 is 5.82 Å². The van der Waals surface area contributed by atoms with Gasteiger partial charge in [0.25, 0.3) is 11.8 Å². The fraction of sp³-hybridized carbons (Fsp3) is 0.318. The first-order valence-electron chi connectivity index (χ1n) is 9.60. The monoisotopic (exact) mass is 397 g/mol. The Bertz CT molecular complexity index is 904. The second-order valence-electron chi connectivity index (χ2n) is 7.31. The normalized spacial score (nSPS) is 14.1. The molecule has 1 N–H and O–H groups in total. The van der Waals surface area contributed by atoms with Crippen LogP contribution in [0.3, 0.4) is 0 Å². The summed E-state index contributed by atoms with van der Waals surface area (Å²) < 4.78 is 13.0. The number of amides is 3. The molecule has 1 aliphatic heterocycles. The Morgan fingerprint density at radius 1 is 0.897 bits per heavy atom. The smallest absolute Gasteiger partial charge is 0.255 e. The van der Waals surface area contributed by atoms with Gasteiger partial charge in [0.1, 0.15) is 5.82 Å². The van der Waals surface area contributed by atoms with Crippen molar-refractivity contribution >= 4 is 23.4 Å². The van der Waals surface area contributed by atoms with E-state index in [0.717, 1.165) is 0 Å². The van der Waals surface area contributed by atoms with E-state index in [0.29, 0.717) is 43.0 Å². The molecule has 0 unspecified atom stereocenters. The molecule has 0 spiro atoms. The average molecular weight is 397 g/mol. The molecule has 3 amide bonds. The molecule has 1 saturated heterocycles. The highest BCUT2D eigenvalue weighted by Gasteiger charge is 2.26. The average Bonchev–Trinajstić information content (AvgIpc) is 2.73. The van der Waals surface area contributed by atoms with Gasteiger partial charge in [-0.2, -0.15) is 0 Å². The van der Waals surface area contributed by atoms with Gasteiger partial charge in [0.2, 0.25) is 5.91 Å². The van der Waals surface area contributed by atoms with Gasteiger partial charge in [-0.25, -0.2) is 4.39 Å². The molecular formula is C22H24FN3O3. The van der Waals surface area contributed by atoms with Crippen LogP contribution in [0.1, 0.15) is 34.6 Å². The fourth-order valence-corrected chi connectivity index (χ4v) is 3.21. The third-order valence-electron chi connectivity index (χ3n) is 4.85. The standard InChI is InChI=1S/C22H24FN3O3/c1-15(2)21(28)25-10-12-26(13-11-25)22(29)17-4-3-5-19(14-17)24-20(27)16-6-8-18(23)9-7-16/h3-9,14-15H,10-13H2,1-2H3,(H,24,27). The predicted octanol–water partition coefficient (Wildman–Crippen LogP) is 3.02. The summed E-state index contributed by atoms with van der Waals surface area (Å²) in [6, 6.07) is 12.0. The zero-order chi connectivity index (χ0) is 21.0. The van der Waals surface area contributed by atoms with Gasteiger partial charge in [0.05, 0.1) is 0 Å². The summed E-state index contributed by atoms with van der Waals surface area (Å²) in [7, 11) is 0. The maximum absolute atomic E-state index is 13.0. The molecule has 29 heavy (non-hydrogen) atoms. The van der Waals surface area contributed by atoms with Crippen molar-refractivity contribution in [2.45, 2.75) is 13.8 Å². The Morgan fingerprint density at radius 2 is 1.52 bits per heavy atom. The van der Waals surface area contributed by atoms with Crippen LogP contribution in [-0.4, -0.2) is 53.7 Å². The van der Waals surface area contributed by atoms with Gasteiger partial charge in [0, 0.05) is 48.9 Å². The lowest BCUT2D eigenvalue weighted by Crippen LogP contribution is -2.51. The van der Waals surface area contributed by atoms with Crippen molar-refractivity contribution in [1.29, 1.82) is 0 Å². The molecular weight excluding hydrogens is 373 g/mol. The van der Waals surface area contributed by atoms with E-state index in [9.17, 15) is 18.8 Å². The number of carbonyl (C=O) groups excluding carboxylic acids is 3. The molecule has 0 aliphatic carbocycles. The number of nitrogens with one attached hydrogen (secondary N) is 1. The van der Waals surface area contributed by atoms with Crippen LogP contribution in [0.5, 0.6) is 0 Å². The molecule has 1 fully saturated rings. The van der Waals surface area contributed by atoms with Crippen LogP contribution in [-0.2, 0) is 4.79 Å². The summed E-state index contributed by atoms with van der Waals surface area (Å²) in [4.78, 5) is 40.7. The minimum Gasteiger partial charge on any atom is -0.339 e. The van der Waals surface area contributed by atoms with Crippen LogP contribution in [0.4, 0.5) is 10.1 Å². The summed E-state index contributed by atoms with van der Waals surface area (Å²) in [5.41, 5.74) is 1.28. The Kier molecular flexibility index (Phi) is 6.26. The van der Waals surface area contributed by atoms with Crippen molar-refractivity contribution in [3.63, 3.8) is 0 Å². The lowest BCUT2D eigenvalue weighted by Gasteiger charge is -2.35. The van der Waals surface area contributed by atoms with Crippen LogP contribution in [0.2, 0.25) is 0 Å². The van der Waals surface area contributed by atoms with Crippen LogP contribution in [0.15, 0.2) is 48.5 Å². The second-order valence-corrected chi connectivity index (χ2v) is 7.31. The number of halogens is 1. The number of anilines is 1. The lowest BCUT2D eigenvalue weighted by atomic mass is 10.1. The Hall–Kier alpha value is -3.22. The first kappa shape index (κ1) is 20.5. The molecule has 3 rings (SSSR count). The van der Waals surface area contributed by atoms with Gasteiger partial charge >= 0.3 is 0 Å². The molecule has 0 radical (unpaired) electrons. The summed E-state index contributed by atoms with van der Waals surface area (Å²) in [6.07, 6.45) is 0. The van der Waals surface area contributed by atoms with Gasteiger partial charge in [-0.05, 0) is 42.5 Å². The van der Waals surface area contributed by atoms with E-state index in [1.165, 1.54) is 24.3 Å². The number of carbonyl (C=O) groups is 3. The molecule has 1 heterocycles. The summed E-state index contributed by atoms with van der Waals surface area (Å²) in [5.74, 6) is -0.888. The van der Waals surface area contributed by atoms with Gasteiger partial charge in [-0.3, -0.25) is 14.4 Å². The number of hydrogen-bond donors (Lipinski definition) is 1. The molecule has 0 saturated carbocycles. The minimum atomic E-state index is -0.413. The van der Waals surface area contributed by atoms with E-state index >= 15 is 0 Å². The number of nitrogens with zero attached hydrogens (tertiary/aromatic N) is 2. The Morgan fingerprint density at radius 3 is 2.14 bits per heavy atom. The fourth-order valence-electron chi connectivity index (χ4n) is 3.21. The summed E-state index contributed by atoms with van der Waals surface area (Å²) in [5, 5.41) is 2.73. The third-order valence-corrected chi connectivity index (χ3v) is 4.85. The topological polar surface area (TPSA) is 69.7 Å². The predicted molar refractivity (Wildman–Crippen MR) is 108 cm³/mol. The van der Waals surface area contributed by atoms with Crippen LogP contribution in [0, 0.1) is 11.7 Å². The van der Waals surface area contributed by atoms with Crippen molar-refractivity contribution in [2.75, 3.05) is 31.5 Å². The first-order valence-corrected chi connectivity index (χ1v) is 9.60. The Balaban J connectivity index is 1.63. The highest BCUT2D eigenvalue weighted by atomic mass is 19.1. The largest absolute Gasteiger partial charge is 0.339 e. The van der Waals surface area contributed by atoms with Gasteiger partial charge in [-0.15, -0.1) is 0 Å². The van der Waals surface area contributed by atoms with Gasteiger partial charge in [-0.1, -0.05) is 19.9 Å². The lowest BCUT2D eigenvalue weighted by molar-refractivity contribution is -0.135. The maximum atomic E-state index is 13.0. The second kappa shape index (κ2) is 8.86. The van der Waals surface area contributed by atoms with Crippen LogP contribution < -0.4 is 5.32 Å². The first-order chi connectivity index (χ1) is 13.8.